The van der Waals surface area contributed by atoms with Gasteiger partial charge < -0.3 is 10.4 Å². The quantitative estimate of drug-likeness (QED) is 0.656. The Bertz CT molecular complexity index is 1120. The molecular formula is C19H13N3O3S2. The third-order valence-corrected chi connectivity index (χ3v) is 5.48. The SMILES string of the molecule is O=C(O)Cc1csc(/N=C2/NC(=O)C(=Cc3ccc4ccccc4c3)S2)n1. The van der Waals surface area contributed by atoms with Crippen LogP contribution >= 0.6 is 23.1 Å². The molecule has 0 unspecified atom stereocenters. The molecule has 1 aromatic heterocycles. The molecule has 2 heterocycles. The van der Waals surface area contributed by atoms with Crippen molar-refractivity contribution in [2.24, 2.45) is 4.99 Å². The number of amidine groups is 1. The van der Waals surface area contributed by atoms with Gasteiger partial charge in [-0.2, -0.15) is 4.99 Å². The summed E-state index contributed by atoms with van der Waals surface area (Å²) >= 11 is 2.48. The van der Waals surface area contributed by atoms with E-state index in [1.807, 2.05) is 48.5 Å². The van der Waals surface area contributed by atoms with Crippen LogP contribution in [0.1, 0.15) is 11.3 Å². The molecule has 2 aromatic carbocycles. The minimum atomic E-state index is -0.941. The Hall–Kier alpha value is -2.97. The smallest absolute Gasteiger partial charge is 0.309 e. The molecule has 2 N–H and O–H groups in total. The zero-order chi connectivity index (χ0) is 18.8. The molecule has 1 saturated heterocycles. The Labute approximate surface area is 162 Å². The average molecular weight is 395 g/mol. The molecule has 1 amide bonds. The van der Waals surface area contributed by atoms with Gasteiger partial charge in [0, 0.05) is 5.38 Å². The number of nitrogens with one attached hydrogen (secondary N) is 1. The van der Waals surface area contributed by atoms with Gasteiger partial charge in [0.05, 0.1) is 17.0 Å². The number of amides is 1. The summed E-state index contributed by atoms with van der Waals surface area (Å²) in [5.74, 6) is -1.15. The summed E-state index contributed by atoms with van der Waals surface area (Å²) in [4.78, 5) is 31.9. The molecule has 0 bridgehead atoms. The molecule has 1 fully saturated rings. The number of benzene rings is 2. The van der Waals surface area contributed by atoms with Crippen molar-refractivity contribution in [3.8, 4) is 0 Å². The van der Waals surface area contributed by atoms with E-state index in [4.69, 9.17) is 5.11 Å². The number of fused-ring (bicyclic) bond motifs is 1. The van der Waals surface area contributed by atoms with Gasteiger partial charge in [-0.1, -0.05) is 36.4 Å². The first-order chi connectivity index (χ1) is 13.1. The Balaban J connectivity index is 1.55. The number of hydrogen-bond acceptors (Lipinski definition) is 6. The summed E-state index contributed by atoms with van der Waals surface area (Å²) in [7, 11) is 0. The number of carbonyl (C=O) groups excluding carboxylic acids is 1. The van der Waals surface area contributed by atoms with Crippen LogP contribution in [-0.2, 0) is 16.0 Å². The van der Waals surface area contributed by atoms with Crippen molar-refractivity contribution in [3.05, 3.63) is 64.0 Å². The summed E-state index contributed by atoms with van der Waals surface area (Å²) in [6.45, 7) is 0. The van der Waals surface area contributed by atoms with Crippen LogP contribution in [-0.4, -0.2) is 27.1 Å². The van der Waals surface area contributed by atoms with Crippen LogP contribution < -0.4 is 5.32 Å². The number of aliphatic carboxylic acids is 1. The minimum Gasteiger partial charge on any atom is -0.481 e. The Morgan fingerprint density at radius 1 is 1.22 bits per heavy atom. The predicted octanol–water partition coefficient (Wildman–Crippen LogP) is 3.82. The number of thioether (sulfide) groups is 1. The fraction of sp³-hybridized carbons (Fsp3) is 0.0526. The lowest BCUT2D eigenvalue weighted by molar-refractivity contribution is -0.136. The Morgan fingerprint density at radius 2 is 2.04 bits per heavy atom. The molecule has 0 spiro atoms. The van der Waals surface area contributed by atoms with Crippen molar-refractivity contribution in [2.45, 2.75) is 6.42 Å². The van der Waals surface area contributed by atoms with E-state index in [9.17, 15) is 9.59 Å². The van der Waals surface area contributed by atoms with E-state index in [1.165, 1.54) is 23.1 Å². The van der Waals surface area contributed by atoms with Gasteiger partial charge in [-0.25, -0.2) is 4.98 Å². The first-order valence-electron chi connectivity index (χ1n) is 8.01. The Morgan fingerprint density at radius 3 is 2.85 bits per heavy atom. The Kier molecular flexibility index (Phi) is 4.74. The van der Waals surface area contributed by atoms with E-state index in [0.29, 0.717) is 20.9 Å². The van der Waals surface area contributed by atoms with Crippen LogP contribution in [0.2, 0.25) is 0 Å². The second-order valence-electron chi connectivity index (χ2n) is 5.78. The van der Waals surface area contributed by atoms with Crippen LogP contribution in [0.25, 0.3) is 16.8 Å². The zero-order valence-corrected chi connectivity index (χ0v) is 15.5. The highest BCUT2D eigenvalue weighted by atomic mass is 32.2. The van der Waals surface area contributed by atoms with Crippen molar-refractivity contribution in [3.63, 3.8) is 0 Å². The molecule has 0 radical (unpaired) electrons. The standard InChI is InChI=1S/C19H13N3O3S2/c23-16(24)9-14-10-26-18(20-14)22-19-21-17(25)15(27-19)8-11-5-6-12-3-1-2-4-13(12)7-11/h1-8,10H,9H2,(H,23,24)(H,20,21,22,25). The largest absolute Gasteiger partial charge is 0.481 e. The predicted molar refractivity (Wildman–Crippen MR) is 108 cm³/mol. The minimum absolute atomic E-state index is 0.145. The van der Waals surface area contributed by atoms with Crippen molar-refractivity contribution in [1.82, 2.24) is 10.3 Å². The van der Waals surface area contributed by atoms with Crippen LogP contribution in [0, 0.1) is 0 Å². The van der Waals surface area contributed by atoms with Crippen molar-refractivity contribution in [2.75, 3.05) is 0 Å². The monoisotopic (exact) mass is 395 g/mol. The normalized spacial score (nSPS) is 17.0. The maximum Gasteiger partial charge on any atom is 0.309 e. The summed E-state index contributed by atoms with van der Waals surface area (Å²) in [6.07, 6.45) is 1.68. The first kappa shape index (κ1) is 17.4. The lowest BCUT2D eigenvalue weighted by Crippen LogP contribution is -2.19. The number of hydrogen-bond donors (Lipinski definition) is 2. The van der Waals surface area contributed by atoms with E-state index in [0.717, 1.165) is 16.3 Å². The molecule has 1 aliphatic heterocycles. The highest BCUT2D eigenvalue weighted by Crippen LogP contribution is 2.29. The molecular weight excluding hydrogens is 382 g/mol. The number of thiazole rings is 1. The molecule has 3 aromatic rings. The van der Waals surface area contributed by atoms with Crippen molar-refractivity contribution < 1.29 is 14.7 Å². The van der Waals surface area contributed by atoms with Crippen LogP contribution in [0.5, 0.6) is 0 Å². The first-order valence-corrected chi connectivity index (χ1v) is 9.71. The molecule has 0 atom stereocenters. The van der Waals surface area contributed by atoms with Gasteiger partial charge in [-0.15, -0.1) is 11.3 Å². The van der Waals surface area contributed by atoms with Gasteiger partial charge in [0.2, 0.25) is 5.13 Å². The topological polar surface area (TPSA) is 91.6 Å². The second-order valence-corrected chi connectivity index (χ2v) is 7.65. The average Bonchev–Trinajstić information content (AvgIpc) is 3.21. The summed E-state index contributed by atoms with van der Waals surface area (Å²) in [5, 5.41) is 16.3. The molecule has 27 heavy (non-hydrogen) atoms. The number of carbonyl (C=O) groups is 2. The van der Waals surface area contributed by atoms with E-state index in [-0.39, 0.29) is 12.3 Å². The van der Waals surface area contributed by atoms with Gasteiger partial charge in [-0.3, -0.25) is 9.59 Å². The van der Waals surface area contributed by atoms with Gasteiger partial charge in [0.1, 0.15) is 0 Å². The molecule has 8 heteroatoms. The number of carboxylic acid groups (broad SMARTS) is 1. The number of rotatable bonds is 4. The van der Waals surface area contributed by atoms with Gasteiger partial charge in [0.15, 0.2) is 5.17 Å². The molecule has 6 nitrogen and oxygen atoms in total. The zero-order valence-electron chi connectivity index (χ0n) is 13.9. The highest BCUT2D eigenvalue weighted by Gasteiger charge is 2.24. The maximum atomic E-state index is 12.2. The van der Waals surface area contributed by atoms with Gasteiger partial charge in [0.25, 0.3) is 5.91 Å². The number of nitrogens with zero attached hydrogens (tertiary/aromatic N) is 2. The van der Waals surface area contributed by atoms with E-state index >= 15 is 0 Å². The fourth-order valence-corrected chi connectivity index (χ4v) is 4.17. The van der Waals surface area contributed by atoms with Crippen molar-refractivity contribution in [1.29, 1.82) is 0 Å². The maximum absolute atomic E-state index is 12.2. The molecule has 0 saturated carbocycles. The summed E-state index contributed by atoms with van der Waals surface area (Å²) < 4.78 is 0. The van der Waals surface area contributed by atoms with Crippen LogP contribution in [0.15, 0.2) is 57.7 Å². The molecule has 134 valence electrons. The number of aromatic nitrogens is 1. The summed E-state index contributed by atoms with van der Waals surface area (Å²) in [5.41, 5.74) is 1.39. The number of carboxylic acids is 1. The van der Waals surface area contributed by atoms with Gasteiger partial charge in [-0.05, 0) is 40.2 Å². The van der Waals surface area contributed by atoms with Crippen molar-refractivity contribution >= 4 is 62.1 Å². The molecule has 1 aliphatic rings. The van der Waals surface area contributed by atoms with Crippen LogP contribution in [0.4, 0.5) is 5.13 Å². The van der Waals surface area contributed by atoms with Gasteiger partial charge >= 0.3 is 5.97 Å². The lowest BCUT2D eigenvalue weighted by atomic mass is 10.1. The third kappa shape index (κ3) is 4.07. The van der Waals surface area contributed by atoms with E-state index in [2.05, 4.69) is 15.3 Å². The lowest BCUT2D eigenvalue weighted by Gasteiger charge is -1.99. The number of aliphatic imine (C=N–C) groups is 1. The summed E-state index contributed by atoms with van der Waals surface area (Å²) in [6, 6.07) is 14.1. The molecule has 0 aliphatic carbocycles. The van der Waals surface area contributed by atoms with E-state index < -0.39 is 5.97 Å². The van der Waals surface area contributed by atoms with Crippen LogP contribution in [0.3, 0.4) is 0 Å². The molecule has 4 rings (SSSR count). The fourth-order valence-electron chi connectivity index (χ4n) is 2.60. The second kappa shape index (κ2) is 7.34. The highest BCUT2D eigenvalue weighted by molar-refractivity contribution is 8.18. The third-order valence-electron chi connectivity index (χ3n) is 3.79. The van der Waals surface area contributed by atoms with E-state index in [1.54, 1.807) is 5.38 Å².